The van der Waals surface area contributed by atoms with Crippen molar-refractivity contribution in [2.75, 3.05) is 6.61 Å². The minimum atomic E-state index is -0.290. The van der Waals surface area contributed by atoms with E-state index in [0.717, 1.165) is 9.09 Å². The highest BCUT2D eigenvalue weighted by atomic mass is 32.2. The van der Waals surface area contributed by atoms with Crippen LogP contribution in [0.25, 0.3) is 0 Å². The monoisotopic (exact) mass is 268 g/mol. The molecule has 0 aliphatic heterocycles. The Hall–Kier alpha value is -0.870. The van der Waals surface area contributed by atoms with Crippen molar-refractivity contribution in [3.05, 3.63) is 29.8 Å². The first-order chi connectivity index (χ1) is 8.06. The fourth-order valence-electron chi connectivity index (χ4n) is 1.16. The molecule has 1 rings (SSSR count). The van der Waals surface area contributed by atoms with Crippen molar-refractivity contribution < 1.29 is 9.53 Å². The van der Waals surface area contributed by atoms with Crippen molar-refractivity contribution in [3.8, 4) is 0 Å². The van der Waals surface area contributed by atoms with Gasteiger partial charge in [0.15, 0.2) is 0 Å². The van der Waals surface area contributed by atoms with Gasteiger partial charge in [-0.05, 0) is 25.0 Å². The SMILES string of the molecule is CCOC(=O)c1ccccc1SC(=S)C(C)C. The minimum absolute atomic E-state index is 0.290. The number of ether oxygens (including phenoxy) is 1. The highest BCUT2D eigenvalue weighted by molar-refractivity contribution is 8.23. The zero-order valence-electron chi connectivity index (χ0n) is 10.2. The van der Waals surface area contributed by atoms with Crippen LogP contribution in [0.1, 0.15) is 31.1 Å². The van der Waals surface area contributed by atoms with E-state index in [4.69, 9.17) is 17.0 Å². The summed E-state index contributed by atoms with van der Waals surface area (Å²) in [6.45, 7) is 6.27. The molecule has 0 fully saturated rings. The van der Waals surface area contributed by atoms with Crippen LogP contribution in [0.15, 0.2) is 29.2 Å². The zero-order chi connectivity index (χ0) is 12.8. The van der Waals surface area contributed by atoms with Gasteiger partial charge in [-0.3, -0.25) is 0 Å². The van der Waals surface area contributed by atoms with Crippen molar-refractivity contribution in [2.45, 2.75) is 25.7 Å². The summed E-state index contributed by atoms with van der Waals surface area (Å²) in [7, 11) is 0. The van der Waals surface area contributed by atoms with Crippen LogP contribution in [0.5, 0.6) is 0 Å². The van der Waals surface area contributed by atoms with Gasteiger partial charge in [0.25, 0.3) is 0 Å². The third-order valence-corrected chi connectivity index (χ3v) is 4.03. The second kappa shape index (κ2) is 6.77. The third kappa shape index (κ3) is 4.13. The molecule has 0 atom stereocenters. The number of benzene rings is 1. The molecule has 0 aliphatic carbocycles. The van der Waals surface area contributed by atoms with E-state index in [1.807, 2.05) is 32.0 Å². The van der Waals surface area contributed by atoms with E-state index >= 15 is 0 Å². The Morgan fingerprint density at radius 1 is 1.41 bits per heavy atom. The number of rotatable bonds is 4. The molecule has 0 unspecified atom stereocenters. The summed E-state index contributed by atoms with van der Waals surface area (Å²) < 4.78 is 5.89. The van der Waals surface area contributed by atoms with Crippen molar-refractivity contribution in [1.29, 1.82) is 0 Å². The van der Waals surface area contributed by atoms with E-state index in [1.54, 1.807) is 13.0 Å². The van der Waals surface area contributed by atoms with Crippen molar-refractivity contribution in [3.63, 3.8) is 0 Å². The number of thiocarbonyl (C=S) groups is 1. The highest BCUT2D eigenvalue weighted by Crippen LogP contribution is 2.27. The topological polar surface area (TPSA) is 26.3 Å². The van der Waals surface area contributed by atoms with Gasteiger partial charge >= 0.3 is 5.97 Å². The van der Waals surface area contributed by atoms with Crippen LogP contribution in [0.3, 0.4) is 0 Å². The lowest BCUT2D eigenvalue weighted by Gasteiger charge is -2.10. The summed E-state index contributed by atoms with van der Waals surface area (Å²) in [6.07, 6.45) is 0. The lowest BCUT2D eigenvalue weighted by molar-refractivity contribution is 0.0522. The zero-order valence-corrected chi connectivity index (χ0v) is 11.9. The molecule has 0 aromatic heterocycles. The van der Waals surface area contributed by atoms with E-state index in [9.17, 15) is 4.79 Å². The molecular formula is C13H16O2S2. The van der Waals surface area contributed by atoms with Crippen LogP contribution in [0.2, 0.25) is 0 Å². The maximum absolute atomic E-state index is 11.7. The lowest BCUT2D eigenvalue weighted by atomic mass is 10.2. The van der Waals surface area contributed by atoms with Gasteiger partial charge in [-0.1, -0.05) is 50.0 Å². The first-order valence-electron chi connectivity index (χ1n) is 5.54. The van der Waals surface area contributed by atoms with Gasteiger partial charge < -0.3 is 4.74 Å². The van der Waals surface area contributed by atoms with Gasteiger partial charge in [-0.15, -0.1) is 0 Å². The first-order valence-corrected chi connectivity index (χ1v) is 6.76. The Labute approximate surface area is 112 Å². The summed E-state index contributed by atoms with van der Waals surface area (Å²) >= 11 is 6.74. The molecule has 1 aromatic carbocycles. The molecule has 2 nitrogen and oxygen atoms in total. The standard InChI is InChI=1S/C13H16O2S2/c1-4-15-12(14)10-7-5-6-8-11(10)17-13(16)9(2)3/h5-9H,4H2,1-3H3. The average molecular weight is 268 g/mol. The van der Waals surface area contributed by atoms with Gasteiger partial charge in [0.2, 0.25) is 0 Å². The number of hydrogen-bond acceptors (Lipinski definition) is 4. The van der Waals surface area contributed by atoms with Crippen molar-refractivity contribution in [2.24, 2.45) is 5.92 Å². The van der Waals surface area contributed by atoms with Crippen LogP contribution in [0, 0.1) is 5.92 Å². The summed E-state index contributed by atoms with van der Waals surface area (Å²) in [6, 6.07) is 7.39. The number of hydrogen-bond donors (Lipinski definition) is 0. The molecule has 1 aromatic rings. The Kier molecular flexibility index (Phi) is 5.65. The van der Waals surface area contributed by atoms with Gasteiger partial charge in [0.1, 0.15) is 0 Å². The Bertz CT molecular complexity index is 414. The molecule has 92 valence electrons. The molecule has 0 bridgehead atoms. The van der Waals surface area contributed by atoms with Gasteiger partial charge in [-0.2, -0.15) is 0 Å². The van der Waals surface area contributed by atoms with Gasteiger partial charge in [0, 0.05) is 4.90 Å². The van der Waals surface area contributed by atoms with E-state index in [2.05, 4.69) is 0 Å². The quantitative estimate of drug-likeness (QED) is 0.469. The molecule has 4 heteroatoms. The largest absolute Gasteiger partial charge is 0.462 e. The van der Waals surface area contributed by atoms with Gasteiger partial charge in [0.05, 0.1) is 16.4 Å². The Morgan fingerprint density at radius 2 is 2.06 bits per heavy atom. The average Bonchev–Trinajstić information content (AvgIpc) is 2.29. The molecule has 0 spiro atoms. The van der Waals surface area contributed by atoms with Gasteiger partial charge in [-0.25, -0.2) is 4.79 Å². The molecule has 0 heterocycles. The maximum atomic E-state index is 11.7. The summed E-state index contributed by atoms with van der Waals surface area (Å²) in [4.78, 5) is 12.6. The van der Waals surface area contributed by atoms with Crippen LogP contribution in [-0.2, 0) is 4.74 Å². The normalized spacial score (nSPS) is 10.4. The second-order valence-electron chi connectivity index (χ2n) is 3.79. The summed E-state index contributed by atoms with van der Waals surface area (Å²) in [5.41, 5.74) is 0.586. The molecular weight excluding hydrogens is 252 g/mol. The molecule has 0 saturated heterocycles. The predicted molar refractivity (Wildman–Crippen MR) is 75.7 cm³/mol. The van der Waals surface area contributed by atoms with E-state index < -0.39 is 0 Å². The fourth-order valence-corrected chi connectivity index (χ4v) is 2.29. The molecule has 0 saturated carbocycles. The van der Waals surface area contributed by atoms with Crippen LogP contribution >= 0.6 is 24.0 Å². The second-order valence-corrected chi connectivity index (χ2v) is 5.57. The number of carbonyl (C=O) groups is 1. The third-order valence-electron chi connectivity index (χ3n) is 2.06. The van der Waals surface area contributed by atoms with E-state index in [0.29, 0.717) is 18.1 Å². The predicted octanol–water partition coefficient (Wildman–Crippen LogP) is 3.94. The smallest absolute Gasteiger partial charge is 0.339 e. The van der Waals surface area contributed by atoms with Crippen LogP contribution in [-0.4, -0.2) is 16.8 Å². The highest BCUT2D eigenvalue weighted by Gasteiger charge is 2.14. The van der Waals surface area contributed by atoms with Crippen LogP contribution in [0.4, 0.5) is 0 Å². The minimum Gasteiger partial charge on any atom is -0.462 e. The molecule has 0 radical (unpaired) electrons. The molecule has 0 aliphatic rings. The number of esters is 1. The van der Waals surface area contributed by atoms with Crippen LogP contribution < -0.4 is 0 Å². The fraction of sp³-hybridized carbons (Fsp3) is 0.385. The Morgan fingerprint density at radius 3 is 2.65 bits per heavy atom. The molecule has 17 heavy (non-hydrogen) atoms. The summed E-state index contributed by atoms with van der Waals surface area (Å²) in [5.74, 6) is 0.0207. The first kappa shape index (κ1) is 14.2. The summed E-state index contributed by atoms with van der Waals surface area (Å²) in [5, 5.41) is 0. The maximum Gasteiger partial charge on any atom is 0.339 e. The Balaban J connectivity index is 2.92. The lowest BCUT2D eigenvalue weighted by Crippen LogP contribution is -2.07. The van der Waals surface area contributed by atoms with Crippen molar-refractivity contribution in [1.82, 2.24) is 0 Å². The number of thioether (sulfide) groups is 1. The van der Waals surface area contributed by atoms with E-state index in [1.165, 1.54) is 11.8 Å². The van der Waals surface area contributed by atoms with E-state index in [-0.39, 0.29) is 5.97 Å². The molecule has 0 amide bonds. The molecule has 0 N–H and O–H groups in total. The van der Waals surface area contributed by atoms with Crippen molar-refractivity contribution >= 4 is 34.1 Å². The number of carbonyl (C=O) groups excluding carboxylic acids is 1.